The molecule has 220 valence electrons. The largest absolute Gasteiger partial charge is 0.378 e. The first-order valence-electron chi connectivity index (χ1n) is 14.5. The zero-order chi connectivity index (χ0) is 29.3. The first-order chi connectivity index (χ1) is 21.0. The minimum absolute atomic E-state index is 0.278. The topological polar surface area (TPSA) is 114 Å². The molecule has 43 heavy (non-hydrogen) atoms. The lowest BCUT2D eigenvalue weighted by molar-refractivity contribution is 0.102. The molecule has 0 aliphatic carbocycles. The quantitative estimate of drug-likeness (QED) is 0.311. The van der Waals surface area contributed by atoms with Gasteiger partial charge in [0.25, 0.3) is 5.91 Å². The molecule has 7 rings (SSSR count). The molecule has 2 fully saturated rings. The van der Waals surface area contributed by atoms with E-state index < -0.39 is 0 Å². The van der Waals surface area contributed by atoms with Crippen molar-refractivity contribution in [2.45, 2.75) is 18.8 Å². The van der Waals surface area contributed by atoms with Crippen LogP contribution in [0, 0.1) is 5.82 Å². The van der Waals surface area contributed by atoms with Gasteiger partial charge in [-0.05, 0) is 74.5 Å². The van der Waals surface area contributed by atoms with E-state index in [0.29, 0.717) is 36.2 Å². The van der Waals surface area contributed by atoms with Crippen LogP contribution in [0.5, 0.6) is 0 Å². The molecule has 0 spiro atoms. The highest BCUT2D eigenvalue weighted by atomic mass is 19.1. The summed E-state index contributed by atoms with van der Waals surface area (Å²) < 4.78 is 22.8. The molecular weight excluding hydrogens is 549 g/mol. The lowest BCUT2D eigenvalue weighted by atomic mass is 9.89. The number of imidazole rings is 1. The number of piperidine rings is 1. The van der Waals surface area contributed by atoms with Crippen LogP contribution in [0.1, 0.15) is 34.8 Å². The van der Waals surface area contributed by atoms with E-state index in [1.165, 1.54) is 12.1 Å². The number of carbonyl (C=O) groups excluding carboxylic acids is 1. The molecule has 1 amide bonds. The number of hydrogen-bond donors (Lipinski definition) is 2. The summed E-state index contributed by atoms with van der Waals surface area (Å²) in [5, 5.41) is 16.2. The zero-order valence-corrected chi connectivity index (χ0v) is 23.8. The van der Waals surface area contributed by atoms with E-state index in [0.717, 1.165) is 73.0 Å². The molecule has 2 saturated heterocycles. The predicted octanol–water partition coefficient (Wildman–Crippen LogP) is 3.89. The van der Waals surface area contributed by atoms with Crippen LogP contribution < -0.4 is 15.5 Å². The Hall–Kier alpha value is -4.68. The Labute approximate surface area is 247 Å². The molecule has 0 unspecified atom stereocenters. The van der Waals surface area contributed by atoms with Gasteiger partial charge in [0.2, 0.25) is 0 Å². The van der Waals surface area contributed by atoms with E-state index in [1.54, 1.807) is 41.2 Å². The third-order valence-corrected chi connectivity index (χ3v) is 8.10. The van der Waals surface area contributed by atoms with E-state index in [1.807, 2.05) is 23.9 Å². The van der Waals surface area contributed by atoms with Crippen LogP contribution in [0.15, 0.2) is 60.9 Å². The van der Waals surface area contributed by atoms with Crippen molar-refractivity contribution in [3.05, 3.63) is 78.0 Å². The Bertz CT molecular complexity index is 1770. The zero-order valence-electron chi connectivity index (χ0n) is 23.8. The summed E-state index contributed by atoms with van der Waals surface area (Å²) >= 11 is 0. The Balaban J connectivity index is 1.21. The molecule has 0 saturated carbocycles. The van der Waals surface area contributed by atoms with Crippen LogP contribution in [0.3, 0.4) is 0 Å². The summed E-state index contributed by atoms with van der Waals surface area (Å²) in [7, 11) is 1.96. The Morgan fingerprint density at radius 2 is 1.84 bits per heavy atom. The van der Waals surface area contributed by atoms with E-state index in [-0.39, 0.29) is 11.7 Å². The van der Waals surface area contributed by atoms with Crippen LogP contribution in [0.4, 0.5) is 16.0 Å². The van der Waals surface area contributed by atoms with Gasteiger partial charge in [0, 0.05) is 43.4 Å². The number of benzene rings is 1. The number of morpholine rings is 1. The molecule has 11 nitrogen and oxygen atoms in total. The summed E-state index contributed by atoms with van der Waals surface area (Å²) in [5.74, 6) is 0.870. The average Bonchev–Trinajstić information content (AvgIpc) is 3.61. The molecule has 2 aliphatic rings. The van der Waals surface area contributed by atoms with Crippen molar-refractivity contribution in [2.24, 2.45) is 7.05 Å². The van der Waals surface area contributed by atoms with Gasteiger partial charge in [0.15, 0.2) is 11.5 Å². The predicted molar refractivity (Wildman–Crippen MR) is 161 cm³/mol. The van der Waals surface area contributed by atoms with Crippen molar-refractivity contribution in [2.75, 3.05) is 49.6 Å². The van der Waals surface area contributed by atoms with Crippen molar-refractivity contribution < 1.29 is 13.9 Å². The van der Waals surface area contributed by atoms with Gasteiger partial charge in [-0.25, -0.2) is 18.9 Å². The molecule has 6 heterocycles. The van der Waals surface area contributed by atoms with Crippen molar-refractivity contribution in [3.63, 3.8) is 0 Å². The van der Waals surface area contributed by atoms with Crippen molar-refractivity contribution in [1.29, 1.82) is 0 Å². The molecule has 0 bridgehead atoms. The number of fused-ring (bicyclic) bond motifs is 1. The number of halogens is 1. The van der Waals surface area contributed by atoms with E-state index in [9.17, 15) is 9.18 Å². The Kier molecular flexibility index (Phi) is 7.29. The minimum atomic E-state index is -0.295. The molecule has 2 aliphatic heterocycles. The number of amides is 1. The second-order valence-corrected chi connectivity index (χ2v) is 10.9. The van der Waals surface area contributed by atoms with E-state index >= 15 is 0 Å². The number of aromatic nitrogens is 6. The van der Waals surface area contributed by atoms with Crippen molar-refractivity contribution >= 4 is 23.2 Å². The number of carbonyl (C=O) groups is 1. The smallest absolute Gasteiger partial charge is 0.257 e. The van der Waals surface area contributed by atoms with Gasteiger partial charge in [-0.15, -0.1) is 0 Å². The van der Waals surface area contributed by atoms with Gasteiger partial charge in [-0.2, -0.15) is 10.2 Å². The van der Waals surface area contributed by atoms with Crippen molar-refractivity contribution in [3.8, 4) is 22.5 Å². The highest BCUT2D eigenvalue weighted by Crippen LogP contribution is 2.39. The third kappa shape index (κ3) is 5.46. The highest BCUT2D eigenvalue weighted by molar-refractivity contribution is 6.04. The summed E-state index contributed by atoms with van der Waals surface area (Å²) in [6.45, 7) is 4.61. The monoisotopic (exact) mass is 581 g/mol. The Morgan fingerprint density at radius 3 is 2.63 bits per heavy atom. The number of anilines is 2. The van der Waals surface area contributed by atoms with Gasteiger partial charge >= 0.3 is 0 Å². The standard InChI is InChI=1S/C31H32FN9O2/c1-39-30(21-8-11-33-12-9-21)28(29(38-39)20-2-4-23(32)5-3-20)24-6-7-26-35-25(19-41(26)37-24)36-31(42)22-10-13-34-27(18-22)40-14-16-43-17-15-40/h2-7,10,13,18-19,21,33H,8-9,11-12,14-17H2,1H3,(H,36,42). The van der Waals surface area contributed by atoms with Gasteiger partial charge in [0.1, 0.15) is 17.3 Å². The SMILES string of the molecule is Cn1nc(-c2ccc(F)cc2)c(-c2ccc3nc(NC(=O)c4ccnc(N5CCOCC5)c4)cn3n2)c1C1CCNCC1. The first-order valence-corrected chi connectivity index (χ1v) is 14.5. The van der Waals surface area contributed by atoms with Crippen molar-refractivity contribution in [1.82, 2.24) is 34.7 Å². The van der Waals surface area contributed by atoms with E-state index in [4.69, 9.17) is 14.9 Å². The minimum Gasteiger partial charge on any atom is -0.378 e. The van der Waals surface area contributed by atoms with Crippen LogP contribution in [-0.2, 0) is 11.8 Å². The van der Waals surface area contributed by atoms with Crippen LogP contribution in [-0.4, -0.2) is 74.7 Å². The van der Waals surface area contributed by atoms with Gasteiger partial charge in [-0.3, -0.25) is 9.48 Å². The lowest BCUT2D eigenvalue weighted by Gasteiger charge is -2.27. The summed E-state index contributed by atoms with van der Waals surface area (Å²) in [6, 6.07) is 13.7. The molecule has 0 atom stereocenters. The lowest BCUT2D eigenvalue weighted by Crippen LogP contribution is -2.36. The fourth-order valence-electron chi connectivity index (χ4n) is 5.95. The molecule has 2 N–H and O–H groups in total. The maximum atomic E-state index is 13.8. The van der Waals surface area contributed by atoms with Gasteiger partial charge in [0.05, 0.1) is 36.4 Å². The number of ether oxygens (including phenoxy) is 1. The van der Waals surface area contributed by atoms with E-state index in [2.05, 4.69) is 25.5 Å². The van der Waals surface area contributed by atoms with Crippen LogP contribution in [0.25, 0.3) is 28.2 Å². The van der Waals surface area contributed by atoms with Gasteiger partial charge in [-0.1, -0.05) is 0 Å². The summed E-state index contributed by atoms with van der Waals surface area (Å²) in [5.41, 5.74) is 5.43. The third-order valence-electron chi connectivity index (χ3n) is 8.10. The second-order valence-electron chi connectivity index (χ2n) is 10.9. The molecular formula is C31H32FN9O2. The van der Waals surface area contributed by atoms with Crippen LogP contribution >= 0.6 is 0 Å². The second kappa shape index (κ2) is 11.5. The number of pyridine rings is 1. The maximum Gasteiger partial charge on any atom is 0.257 e. The highest BCUT2D eigenvalue weighted by Gasteiger charge is 2.28. The molecule has 1 aromatic carbocycles. The normalized spacial score (nSPS) is 16.1. The maximum absolute atomic E-state index is 13.8. The fraction of sp³-hybridized carbons (Fsp3) is 0.323. The summed E-state index contributed by atoms with van der Waals surface area (Å²) in [4.78, 5) is 24.3. The van der Waals surface area contributed by atoms with Gasteiger partial charge < -0.3 is 20.3 Å². The molecule has 5 aromatic rings. The number of aryl methyl sites for hydroxylation is 1. The first kappa shape index (κ1) is 27.2. The number of hydrogen-bond acceptors (Lipinski definition) is 8. The molecule has 4 aromatic heterocycles. The number of nitrogens with zero attached hydrogens (tertiary/aromatic N) is 7. The molecule has 12 heteroatoms. The Morgan fingerprint density at radius 1 is 1.05 bits per heavy atom. The number of rotatable bonds is 6. The van der Waals surface area contributed by atoms with Crippen LogP contribution in [0.2, 0.25) is 0 Å². The fourth-order valence-corrected chi connectivity index (χ4v) is 5.95. The molecule has 0 radical (unpaired) electrons. The summed E-state index contributed by atoms with van der Waals surface area (Å²) in [6.07, 6.45) is 5.32. The average molecular weight is 582 g/mol. The number of nitrogens with one attached hydrogen (secondary N) is 2.